The Morgan fingerprint density at radius 2 is 2.15 bits per heavy atom. The summed E-state index contributed by atoms with van der Waals surface area (Å²) in [6, 6.07) is 4.67. The number of benzene rings is 1. The molecule has 0 radical (unpaired) electrons. The van der Waals surface area contributed by atoms with Crippen molar-refractivity contribution in [2.45, 2.75) is 31.8 Å². The largest absolute Gasteiger partial charge is 0.388 e. The van der Waals surface area contributed by atoms with E-state index in [0.717, 1.165) is 11.1 Å². The van der Waals surface area contributed by atoms with Gasteiger partial charge in [-0.25, -0.2) is 4.39 Å². The van der Waals surface area contributed by atoms with Crippen LogP contribution in [0.4, 0.5) is 4.39 Å². The molecule has 1 nitrogen and oxygen atoms in total. The minimum atomic E-state index is -0.499. The van der Waals surface area contributed by atoms with Gasteiger partial charge in [-0.15, -0.1) is 0 Å². The van der Waals surface area contributed by atoms with Crippen LogP contribution in [0.2, 0.25) is 0 Å². The van der Waals surface area contributed by atoms with E-state index in [1.165, 1.54) is 12.1 Å². The highest BCUT2D eigenvalue weighted by molar-refractivity contribution is 5.40. The Labute approximate surface area is 77.2 Å². The highest BCUT2D eigenvalue weighted by Crippen LogP contribution is 2.44. The van der Waals surface area contributed by atoms with E-state index >= 15 is 0 Å². The van der Waals surface area contributed by atoms with Crippen molar-refractivity contribution in [2.75, 3.05) is 0 Å². The Bertz CT molecular complexity index is 344. The van der Waals surface area contributed by atoms with E-state index in [0.29, 0.717) is 6.42 Å². The summed E-state index contributed by atoms with van der Waals surface area (Å²) in [7, 11) is 0. The van der Waals surface area contributed by atoms with E-state index in [2.05, 4.69) is 13.8 Å². The lowest BCUT2D eigenvalue weighted by molar-refractivity contribution is 0.161. The minimum absolute atomic E-state index is 0.0253. The normalized spacial score (nSPS) is 24.5. The van der Waals surface area contributed by atoms with E-state index < -0.39 is 6.10 Å². The van der Waals surface area contributed by atoms with Crippen LogP contribution >= 0.6 is 0 Å². The molecule has 70 valence electrons. The monoisotopic (exact) mass is 180 g/mol. The number of hydrogen-bond donors (Lipinski definition) is 1. The molecule has 0 unspecified atom stereocenters. The van der Waals surface area contributed by atoms with Crippen molar-refractivity contribution in [1.82, 2.24) is 0 Å². The fraction of sp³-hybridized carbons (Fsp3) is 0.455. The van der Waals surface area contributed by atoms with Gasteiger partial charge >= 0.3 is 0 Å². The molecule has 0 aliphatic heterocycles. The van der Waals surface area contributed by atoms with Crippen molar-refractivity contribution in [3.8, 4) is 0 Å². The lowest BCUT2D eigenvalue weighted by atomic mass is 9.87. The van der Waals surface area contributed by atoms with Gasteiger partial charge in [0.1, 0.15) is 5.82 Å². The second kappa shape index (κ2) is 2.55. The van der Waals surface area contributed by atoms with Crippen LogP contribution in [-0.2, 0) is 5.41 Å². The van der Waals surface area contributed by atoms with E-state index in [4.69, 9.17) is 0 Å². The van der Waals surface area contributed by atoms with Gasteiger partial charge in [0.05, 0.1) is 6.10 Å². The molecular weight excluding hydrogens is 167 g/mol. The van der Waals surface area contributed by atoms with Crippen LogP contribution in [0.3, 0.4) is 0 Å². The summed E-state index contributed by atoms with van der Waals surface area (Å²) in [4.78, 5) is 0. The first-order valence-electron chi connectivity index (χ1n) is 4.49. The summed E-state index contributed by atoms with van der Waals surface area (Å²) >= 11 is 0. The molecule has 1 aliphatic carbocycles. The third kappa shape index (κ3) is 1.25. The first kappa shape index (κ1) is 8.70. The minimum Gasteiger partial charge on any atom is -0.388 e. The second-order valence-electron chi connectivity index (χ2n) is 4.34. The number of fused-ring (bicyclic) bond motifs is 1. The van der Waals surface area contributed by atoms with Crippen LogP contribution in [0.5, 0.6) is 0 Å². The average molecular weight is 180 g/mol. The first-order valence-corrected chi connectivity index (χ1v) is 4.49. The fourth-order valence-electron chi connectivity index (χ4n) is 2.13. The van der Waals surface area contributed by atoms with Crippen molar-refractivity contribution in [1.29, 1.82) is 0 Å². The van der Waals surface area contributed by atoms with Crippen molar-refractivity contribution < 1.29 is 9.50 Å². The van der Waals surface area contributed by atoms with Gasteiger partial charge in [0.2, 0.25) is 0 Å². The molecule has 0 fully saturated rings. The Morgan fingerprint density at radius 3 is 2.85 bits per heavy atom. The summed E-state index contributed by atoms with van der Waals surface area (Å²) < 4.78 is 12.9. The summed E-state index contributed by atoms with van der Waals surface area (Å²) in [6.07, 6.45) is 0.187. The molecule has 2 rings (SSSR count). The van der Waals surface area contributed by atoms with Crippen LogP contribution in [0.25, 0.3) is 0 Å². The summed E-state index contributed by atoms with van der Waals surface area (Å²) in [5.41, 5.74) is 1.80. The van der Waals surface area contributed by atoms with Gasteiger partial charge in [-0.1, -0.05) is 19.9 Å². The number of halogens is 1. The predicted molar refractivity (Wildman–Crippen MR) is 49.0 cm³/mol. The van der Waals surface area contributed by atoms with Gasteiger partial charge in [-0.3, -0.25) is 0 Å². The molecule has 0 aromatic heterocycles. The molecule has 1 aromatic rings. The zero-order valence-corrected chi connectivity index (χ0v) is 7.84. The summed E-state index contributed by atoms with van der Waals surface area (Å²) in [6.45, 7) is 4.14. The molecule has 13 heavy (non-hydrogen) atoms. The topological polar surface area (TPSA) is 20.2 Å². The Balaban J connectivity index is 2.59. The predicted octanol–water partition coefficient (Wildman–Crippen LogP) is 2.54. The van der Waals surface area contributed by atoms with Crippen molar-refractivity contribution in [3.05, 3.63) is 35.1 Å². The van der Waals surface area contributed by atoms with Crippen LogP contribution < -0.4 is 0 Å². The Kier molecular flexibility index (Phi) is 1.70. The van der Waals surface area contributed by atoms with Crippen LogP contribution in [0.15, 0.2) is 18.2 Å². The molecule has 1 N–H and O–H groups in total. The number of rotatable bonds is 0. The molecule has 0 heterocycles. The van der Waals surface area contributed by atoms with E-state index in [1.54, 1.807) is 6.07 Å². The zero-order valence-electron chi connectivity index (χ0n) is 7.84. The van der Waals surface area contributed by atoms with Gasteiger partial charge in [-0.05, 0) is 35.1 Å². The lowest BCUT2D eigenvalue weighted by Crippen LogP contribution is -2.12. The van der Waals surface area contributed by atoms with Gasteiger partial charge in [-0.2, -0.15) is 0 Å². The third-order valence-electron chi connectivity index (χ3n) is 2.81. The van der Waals surface area contributed by atoms with Crippen LogP contribution in [0.1, 0.15) is 37.5 Å². The molecule has 0 spiro atoms. The third-order valence-corrected chi connectivity index (χ3v) is 2.81. The molecular formula is C11H13FO. The Morgan fingerprint density at radius 1 is 1.46 bits per heavy atom. The maximum atomic E-state index is 12.9. The SMILES string of the molecule is CC1(C)C[C@@H](O)c2cc(F)ccc21. The molecule has 0 saturated heterocycles. The highest BCUT2D eigenvalue weighted by atomic mass is 19.1. The van der Waals surface area contributed by atoms with E-state index in [-0.39, 0.29) is 11.2 Å². The van der Waals surface area contributed by atoms with E-state index in [9.17, 15) is 9.50 Å². The van der Waals surface area contributed by atoms with Gasteiger partial charge in [0.15, 0.2) is 0 Å². The quantitative estimate of drug-likeness (QED) is 0.650. The van der Waals surface area contributed by atoms with Crippen LogP contribution in [-0.4, -0.2) is 5.11 Å². The van der Waals surface area contributed by atoms with Crippen molar-refractivity contribution in [3.63, 3.8) is 0 Å². The number of aliphatic hydroxyl groups excluding tert-OH is 1. The standard InChI is InChI=1S/C11H13FO/c1-11(2)6-10(13)8-5-7(12)3-4-9(8)11/h3-5,10,13H,6H2,1-2H3/t10-/m1/s1. The first-order chi connectivity index (χ1) is 6.00. The van der Waals surface area contributed by atoms with E-state index in [1.807, 2.05) is 0 Å². The maximum Gasteiger partial charge on any atom is 0.123 e. The van der Waals surface area contributed by atoms with Gasteiger partial charge in [0.25, 0.3) is 0 Å². The fourth-order valence-corrected chi connectivity index (χ4v) is 2.13. The summed E-state index contributed by atoms with van der Waals surface area (Å²) in [5, 5.41) is 9.67. The zero-order chi connectivity index (χ0) is 9.64. The number of hydrogen-bond acceptors (Lipinski definition) is 1. The molecule has 1 atom stereocenters. The molecule has 0 saturated carbocycles. The Hall–Kier alpha value is -0.890. The molecule has 1 aliphatic rings. The maximum absolute atomic E-state index is 12.9. The van der Waals surface area contributed by atoms with Gasteiger partial charge in [0, 0.05) is 0 Å². The highest BCUT2D eigenvalue weighted by Gasteiger charge is 2.35. The molecule has 2 heteroatoms. The summed E-state index contributed by atoms with van der Waals surface area (Å²) in [5.74, 6) is -0.268. The lowest BCUT2D eigenvalue weighted by Gasteiger charge is -2.18. The average Bonchev–Trinajstić information content (AvgIpc) is 2.22. The molecule has 0 bridgehead atoms. The van der Waals surface area contributed by atoms with Crippen molar-refractivity contribution >= 4 is 0 Å². The smallest absolute Gasteiger partial charge is 0.123 e. The molecule has 0 amide bonds. The van der Waals surface area contributed by atoms with Crippen molar-refractivity contribution in [2.24, 2.45) is 0 Å². The second-order valence-corrected chi connectivity index (χ2v) is 4.34. The van der Waals surface area contributed by atoms with Crippen LogP contribution in [0, 0.1) is 5.82 Å². The molecule has 1 aromatic carbocycles. The van der Waals surface area contributed by atoms with Gasteiger partial charge < -0.3 is 5.11 Å². The number of aliphatic hydroxyl groups is 1.